The standard InChI is InChI=1S/C17H18BrN5O2/c1-24-13-7-9(14-11(8-19)16(20)23-17(21)22-14)6-12(18)15(13)25-10-4-2-3-5-10/h6-7,10H,2-5H2,1H3,(H4,20,21,22,23). The molecule has 0 spiro atoms. The third-order valence-electron chi connectivity index (χ3n) is 4.16. The van der Waals surface area contributed by atoms with E-state index in [9.17, 15) is 5.26 Å². The number of anilines is 2. The minimum atomic E-state index is 0.00729. The first-order valence-corrected chi connectivity index (χ1v) is 8.70. The number of nitrogen functional groups attached to an aromatic ring is 2. The summed E-state index contributed by atoms with van der Waals surface area (Å²) in [6, 6.07) is 5.60. The predicted octanol–water partition coefficient (Wildman–Crippen LogP) is 3.27. The number of nitrogens with zero attached hydrogens (tertiary/aromatic N) is 3. The van der Waals surface area contributed by atoms with Crippen molar-refractivity contribution in [2.45, 2.75) is 31.8 Å². The van der Waals surface area contributed by atoms with Crippen molar-refractivity contribution < 1.29 is 9.47 Å². The largest absolute Gasteiger partial charge is 0.493 e. The number of methoxy groups -OCH3 is 1. The third kappa shape index (κ3) is 3.46. The van der Waals surface area contributed by atoms with E-state index in [0.717, 1.165) is 12.8 Å². The smallest absolute Gasteiger partial charge is 0.222 e. The summed E-state index contributed by atoms with van der Waals surface area (Å²) < 4.78 is 12.3. The first kappa shape index (κ1) is 17.3. The Labute approximate surface area is 154 Å². The highest BCUT2D eigenvalue weighted by atomic mass is 79.9. The van der Waals surface area contributed by atoms with Gasteiger partial charge in [0.1, 0.15) is 17.5 Å². The van der Waals surface area contributed by atoms with Crippen LogP contribution in [0.25, 0.3) is 11.3 Å². The SMILES string of the molecule is COc1cc(-c2nc(N)nc(N)c2C#N)cc(Br)c1OC1CCCC1. The second-order valence-corrected chi connectivity index (χ2v) is 6.67. The van der Waals surface area contributed by atoms with Gasteiger partial charge in [-0.05, 0) is 53.7 Å². The fraction of sp³-hybridized carbons (Fsp3) is 0.353. The Hall–Kier alpha value is -2.53. The monoisotopic (exact) mass is 403 g/mol. The van der Waals surface area contributed by atoms with Crippen LogP contribution < -0.4 is 20.9 Å². The van der Waals surface area contributed by atoms with Crippen LogP contribution in [0.15, 0.2) is 16.6 Å². The van der Waals surface area contributed by atoms with Crippen LogP contribution in [0, 0.1) is 11.3 Å². The van der Waals surface area contributed by atoms with E-state index in [2.05, 4.69) is 25.9 Å². The highest BCUT2D eigenvalue weighted by Gasteiger charge is 2.22. The maximum Gasteiger partial charge on any atom is 0.222 e. The van der Waals surface area contributed by atoms with E-state index < -0.39 is 0 Å². The second-order valence-electron chi connectivity index (χ2n) is 5.82. The van der Waals surface area contributed by atoms with Crippen LogP contribution in [0.3, 0.4) is 0 Å². The minimum Gasteiger partial charge on any atom is -0.493 e. The van der Waals surface area contributed by atoms with Crippen LogP contribution in [0.5, 0.6) is 11.5 Å². The van der Waals surface area contributed by atoms with Crippen LogP contribution in [0.4, 0.5) is 11.8 Å². The van der Waals surface area contributed by atoms with E-state index in [-0.39, 0.29) is 23.4 Å². The summed E-state index contributed by atoms with van der Waals surface area (Å²) in [5, 5.41) is 9.37. The molecule has 1 aliphatic carbocycles. The molecule has 8 heteroatoms. The number of benzene rings is 1. The molecule has 0 aliphatic heterocycles. The van der Waals surface area contributed by atoms with Crippen LogP contribution >= 0.6 is 15.9 Å². The van der Waals surface area contributed by atoms with Gasteiger partial charge in [0.25, 0.3) is 0 Å². The first-order valence-electron chi connectivity index (χ1n) is 7.91. The molecule has 0 atom stereocenters. The molecule has 4 N–H and O–H groups in total. The maximum absolute atomic E-state index is 9.37. The zero-order chi connectivity index (χ0) is 18.0. The number of hydrogen-bond acceptors (Lipinski definition) is 7. The van der Waals surface area contributed by atoms with Crippen molar-refractivity contribution in [2.24, 2.45) is 0 Å². The summed E-state index contributed by atoms with van der Waals surface area (Å²) >= 11 is 3.53. The number of hydrogen-bond donors (Lipinski definition) is 2. The van der Waals surface area contributed by atoms with Crippen LogP contribution in [-0.2, 0) is 0 Å². The zero-order valence-corrected chi connectivity index (χ0v) is 15.3. The quantitative estimate of drug-likeness (QED) is 0.802. The molecule has 0 unspecified atom stereocenters. The fourth-order valence-electron chi connectivity index (χ4n) is 2.96. The van der Waals surface area contributed by atoms with Crippen molar-refractivity contribution in [1.29, 1.82) is 5.26 Å². The lowest BCUT2D eigenvalue weighted by Crippen LogP contribution is -2.12. The van der Waals surface area contributed by atoms with Gasteiger partial charge in [-0.2, -0.15) is 10.2 Å². The molecule has 0 amide bonds. The van der Waals surface area contributed by atoms with Gasteiger partial charge in [-0.25, -0.2) is 4.98 Å². The second kappa shape index (κ2) is 7.15. The summed E-state index contributed by atoms with van der Waals surface area (Å²) in [7, 11) is 1.57. The molecule has 1 aromatic heterocycles. The number of nitriles is 1. The van der Waals surface area contributed by atoms with E-state index in [4.69, 9.17) is 20.9 Å². The van der Waals surface area contributed by atoms with Gasteiger partial charge in [-0.3, -0.25) is 0 Å². The molecule has 130 valence electrons. The molecule has 1 saturated carbocycles. The molecule has 7 nitrogen and oxygen atoms in total. The summed E-state index contributed by atoms with van der Waals surface area (Å²) in [5.41, 5.74) is 12.7. The number of nitrogens with two attached hydrogens (primary N) is 2. The molecular formula is C17H18BrN5O2. The molecule has 3 rings (SSSR count). The Morgan fingerprint density at radius 1 is 1.24 bits per heavy atom. The van der Waals surface area contributed by atoms with Crippen molar-refractivity contribution in [2.75, 3.05) is 18.6 Å². The molecule has 1 aliphatic rings. The lowest BCUT2D eigenvalue weighted by molar-refractivity contribution is 0.199. The average molecular weight is 404 g/mol. The van der Waals surface area contributed by atoms with E-state index in [0.29, 0.717) is 27.2 Å². The molecule has 25 heavy (non-hydrogen) atoms. The van der Waals surface area contributed by atoms with Gasteiger partial charge >= 0.3 is 0 Å². The van der Waals surface area contributed by atoms with E-state index >= 15 is 0 Å². The van der Waals surface area contributed by atoms with Crippen molar-refractivity contribution in [3.63, 3.8) is 0 Å². The highest BCUT2D eigenvalue weighted by molar-refractivity contribution is 9.10. The lowest BCUT2D eigenvalue weighted by atomic mass is 10.1. The van der Waals surface area contributed by atoms with E-state index in [1.807, 2.05) is 12.1 Å². The zero-order valence-electron chi connectivity index (χ0n) is 13.8. The van der Waals surface area contributed by atoms with E-state index in [1.54, 1.807) is 13.2 Å². The van der Waals surface area contributed by atoms with Gasteiger partial charge in [0.2, 0.25) is 5.95 Å². The van der Waals surface area contributed by atoms with Crippen molar-refractivity contribution >= 4 is 27.7 Å². The molecule has 0 bridgehead atoms. The predicted molar refractivity (Wildman–Crippen MR) is 98.1 cm³/mol. The summed E-state index contributed by atoms with van der Waals surface area (Å²) in [4.78, 5) is 8.01. The normalized spacial score (nSPS) is 14.3. The number of aromatic nitrogens is 2. The lowest BCUT2D eigenvalue weighted by Gasteiger charge is -2.18. The highest BCUT2D eigenvalue weighted by Crippen LogP contribution is 2.42. The first-order chi connectivity index (χ1) is 12.0. The number of rotatable bonds is 4. The number of ether oxygens (including phenoxy) is 2. The summed E-state index contributed by atoms with van der Waals surface area (Å²) in [5.74, 6) is 1.25. The van der Waals surface area contributed by atoms with Gasteiger partial charge in [0.05, 0.1) is 23.4 Å². The fourth-order valence-corrected chi connectivity index (χ4v) is 3.49. The van der Waals surface area contributed by atoms with Crippen molar-refractivity contribution in [3.05, 3.63) is 22.2 Å². The molecule has 0 saturated heterocycles. The Morgan fingerprint density at radius 3 is 2.60 bits per heavy atom. The molecule has 1 heterocycles. The Balaban J connectivity index is 2.07. The molecule has 1 aromatic carbocycles. The van der Waals surface area contributed by atoms with Crippen molar-refractivity contribution in [1.82, 2.24) is 9.97 Å². The van der Waals surface area contributed by atoms with Crippen molar-refractivity contribution in [3.8, 4) is 28.8 Å². The Bertz CT molecular complexity index is 844. The van der Waals surface area contributed by atoms with Crippen LogP contribution in [0.1, 0.15) is 31.2 Å². The van der Waals surface area contributed by atoms with E-state index in [1.165, 1.54) is 12.8 Å². The maximum atomic E-state index is 9.37. The average Bonchev–Trinajstić information content (AvgIpc) is 3.09. The third-order valence-corrected chi connectivity index (χ3v) is 4.74. The Kier molecular flexibility index (Phi) is 4.95. The molecule has 1 fully saturated rings. The molecule has 2 aromatic rings. The summed E-state index contributed by atoms with van der Waals surface area (Å²) in [6.45, 7) is 0. The van der Waals surface area contributed by atoms with Crippen LogP contribution in [0.2, 0.25) is 0 Å². The topological polar surface area (TPSA) is 120 Å². The van der Waals surface area contributed by atoms with Gasteiger partial charge in [-0.15, -0.1) is 0 Å². The molecular weight excluding hydrogens is 386 g/mol. The number of halogens is 1. The van der Waals surface area contributed by atoms with Crippen LogP contribution in [-0.4, -0.2) is 23.2 Å². The van der Waals surface area contributed by atoms with Gasteiger partial charge in [0, 0.05) is 5.56 Å². The van der Waals surface area contributed by atoms with Gasteiger partial charge < -0.3 is 20.9 Å². The minimum absolute atomic E-state index is 0.00729. The summed E-state index contributed by atoms with van der Waals surface area (Å²) in [6.07, 6.45) is 4.61. The van der Waals surface area contributed by atoms with Gasteiger partial charge in [0.15, 0.2) is 11.5 Å². The Morgan fingerprint density at radius 2 is 1.96 bits per heavy atom. The molecule has 0 radical (unpaired) electrons. The van der Waals surface area contributed by atoms with Gasteiger partial charge in [-0.1, -0.05) is 0 Å².